The maximum Gasteiger partial charge on any atom is 0.334 e. The molecule has 4 saturated carbocycles. The molecule has 2 bridgehead atoms. The van der Waals surface area contributed by atoms with Crippen LogP contribution in [0.5, 0.6) is 0 Å². The van der Waals surface area contributed by atoms with Gasteiger partial charge < -0.3 is 35.0 Å². The molecular formula is C23H36O8. The van der Waals surface area contributed by atoms with Crippen molar-refractivity contribution in [2.24, 2.45) is 28.6 Å². The third-order valence-corrected chi connectivity index (χ3v) is 9.95. The van der Waals surface area contributed by atoms with E-state index < -0.39 is 63.8 Å². The fraction of sp³-hybridized carbons (Fsp3) is 0.957. The van der Waals surface area contributed by atoms with Crippen molar-refractivity contribution in [2.75, 3.05) is 0 Å². The van der Waals surface area contributed by atoms with Crippen molar-refractivity contribution in [1.29, 1.82) is 0 Å². The number of hydrogen-bond donors (Lipinski definition) is 5. The van der Waals surface area contributed by atoms with E-state index in [0.29, 0.717) is 12.8 Å². The highest BCUT2D eigenvalue weighted by atomic mass is 16.6. The van der Waals surface area contributed by atoms with Crippen molar-refractivity contribution >= 4 is 5.97 Å². The number of carbonyl (C=O) groups excluding carboxylic acids is 1. The molecular weight excluding hydrogens is 404 g/mol. The molecule has 8 heteroatoms. The summed E-state index contributed by atoms with van der Waals surface area (Å²) in [5.74, 6) is -2.28. The van der Waals surface area contributed by atoms with E-state index in [4.69, 9.17) is 9.47 Å². The predicted octanol–water partition coefficient (Wildman–Crippen LogP) is 0.116. The summed E-state index contributed by atoms with van der Waals surface area (Å²) in [5, 5.41) is 56.6. The molecule has 5 aliphatic rings. The Balaban J connectivity index is 1.66. The van der Waals surface area contributed by atoms with Gasteiger partial charge in [0.1, 0.15) is 17.8 Å². The Morgan fingerprint density at radius 2 is 1.77 bits per heavy atom. The zero-order valence-corrected chi connectivity index (χ0v) is 18.9. The first-order valence-corrected chi connectivity index (χ1v) is 11.5. The van der Waals surface area contributed by atoms with Crippen LogP contribution in [0.1, 0.15) is 60.3 Å². The Hall–Kier alpha value is -0.770. The summed E-state index contributed by atoms with van der Waals surface area (Å²) in [6.45, 7) is 8.47. The molecule has 5 rings (SSSR count). The molecule has 0 radical (unpaired) electrons. The van der Waals surface area contributed by atoms with Crippen molar-refractivity contribution < 1.29 is 39.8 Å². The summed E-state index contributed by atoms with van der Waals surface area (Å²) < 4.78 is 11.7. The molecule has 1 spiro atoms. The van der Waals surface area contributed by atoms with E-state index in [0.717, 1.165) is 0 Å². The quantitative estimate of drug-likeness (QED) is 0.301. The molecule has 0 amide bonds. The van der Waals surface area contributed by atoms with Crippen molar-refractivity contribution in [3.63, 3.8) is 0 Å². The van der Waals surface area contributed by atoms with Crippen molar-refractivity contribution in [1.82, 2.24) is 0 Å². The van der Waals surface area contributed by atoms with E-state index in [9.17, 15) is 30.3 Å². The topological polar surface area (TPSA) is 140 Å². The number of aliphatic hydroxyl groups excluding tert-OH is 2. The Morgan fingerprint density at radius 3 is 2.39 bits per heavy atom. The highest BCUT2D eigenvalue weighted by Crippen LogP contribution is 2.73. The van der Waals surface area contributed by atoms with Crippen LogP contribution in [0.25, 0.3) is 0 Å². The van der Waals surface area contributed by atoms with Gasteiger partial charge in [-0.1, -0.05) is 13.8 Å². The lowest BCUT2D eigenvalue weighted by atomic mass is 9.57. The predicted molar refractivity (Wildman–Crippen MR) is 108 cm³/mol. The van der Waals surface area contributed by atoms with Crippen LogP contribution in [0.3, 0.4) is 0 Å². The van der Waals surface area contributed by atoms with Gasteiger partial charge in [-0.25, -0.2) is 4.79 Å². The number of rotatable bonds is 2. The minimum atomic E-state index is -1.58. The number of ether oxygens (including phenoxy) is 2. The van der Waals surface area contributed by atoms with Gasteiger partial charge in [-0.3, -0.25) is 0 Å². The maximum absolute atomic E-state index is 12.4. The average Bonchev–Trinajstić information content (AvgIpc) is 3.36. The molecule has 1 heterocycles. The first kappa shape index (κ1) is 22.0. The number of aliphatic hydroxyl groups is 5. The summed E-state index contributed by atoms with van der Waals surface area (Å²) in [6, 6.07) is 0. The molecule has 8 nitrogen and oxygen atoms in total. The summed E-state index contributed by atoms with van der Waals surface area (Å²) in [7, 11) is 0. The molecule has 1 saturated heterocycles. The summed E-state index contributed by atoms with van der Waals surface area (Å²) in [5.41, 5.74) is -5.87. The minimum absolute atomic E-state index is 0.0914. The molecule has 176 valence electrons. The normalized spacial score (nSPS) is 59.7. The van der Waals surface area contributed by atoms with Crippen molar-refractivity contribution in [3.05, 3.63) is 0 Å². The molecule has 5 N–H and O–H groups in total. The standard InChI is InChI=1S/C23H36O8/c1-10(24)18(26)31-16-11-6-7-12-21(5,28)15-14-17(30-14)19(2,3)23(15,29)13(25)8-22(12,16)9-20(11,4)27/h10-17,24-25,27-29H,6-9H2,1-5H3/t10-,11-,12+,13-,14+,15+,16+,17+,20-,21-,22+,23-/m1/s1. The number of epoxide rings is 1. The van der Waals surface area contributed by atoms with Crippen molar-refractivity contribution in [2.45, 2.75) is 108 Å². The van der Waals surface area contributed by atoms with Crippen LogP contribution >= 0.6 is 0 Å². The second-order valence-corrected chi connectivity index (χ2v) is 12.0. The van der Waals surface area contributed by atoms with Gasteiger partial charge in [-0.05, 0) is 52.4 Å². The smallest absolute Gasteiger partial charge is 0.334 e. The number of fused-ring (bicyclic) bond motifs is 4. The van der Waals surface area contributed by atoms with E-state index >= 15 is 0 Å². The van der Waals surface area contributed by atoms with E-state index in [1.54, 1.807) is 13.8 Å². The zero-order valence-electron chi connectivity index (χ0n) is 18.9. The summed E-state index contributed by atoms with van der Waals surface area (Å²) in [4.78, 5) is 12.4. The number of hydrogen-bond acceptors (Lipinski definition) is 8. The van der Waals surface area contributed by atoms with Crippen LogP contribution in [-0.2, 0) is 14.3 Å². The lowest BCUT2D eigenvalue weighted by Crippen LogP contribution is -2.63. The van der Waals surface area contributed by atoms with E-state index in [2.05, 4.69) is 0 Å². The average molecular weight is 441 g/mol. The van der Waals surface area contributed by atoms with Gasteiger partial charge >= 0.3 is 5.97 Å². The summed E-state index contributed by atoms with van der Waals surface area (Å²) >= 11 is 0. The highest BCUT2D eigenvalue weighted by Gasteiger charge is 2.83. The van der Waals surface area contributed by atoms with Crippen LogP contribution in [-0.4, -0.2) is 78.8 Å². The van der Waals surface area contributed by atoms with Crippen molar-refractivity contribution in [3.8, 4) is 0 Å². The fourth-order valence-corrected chi connectivity index (χ4v) is 8.65. The molecule has 1 aliphatic heterocycles. The minimum Gasteiger partial charge on any atom is -0.459 e. The molecule has 0 aromatic heterocycles. The third kappa shape index (κ3) is 2.44. The lowest BCUT2D eigenvalue weighted by Gasteiger charge is -2.52. The highest BCUT2D eigenvalue weighted by molar-refractivity contribution is 5.74. The van der Waals surface area contributed by atoms with Crippen LogP contribution in [0.15, 0.2) is 0 Å². The van der Waals surface area contributed by atoms with Crippen LogP contribution in [0.2, 0.25) is 0 Å². The fourth-order valence-electron chi connectivity index (χ4n) is 8.65. The second-order valence-electron chi connectivity index (χ2n) is 12.0. The number of esters is 1. The number of carbonyl (C=O) groups is 1. The Labute approximate surface area is 182 Å². The largest absolute Gasteiger partial charge is 0.459 e. The Morgan fingerprint density at radius 1 is 1.13 bits per heavy atom. The van der Waals surface area contributed by atoms with Gasteiger partial charge in [0, 0.05) is 22.7 Å². The third-order valence-electron chi connectivity index (χ3n) is 9.95. The lowest BCUT2D eigenvalue weighted by molar-refractivity contribution is -0.223. The molecule has 0 unspecified atom stereocenters. The molecule has 12 atom stereocenters. The monoisotopic (exact) mass is 440 g/mol. The first-order chi connectivity index (χ1) is 14.1. The SMILES string of the molecule is C[C@@H](O)C(=O)O[C@H]1[C@H]2CC[C@H]3[C@@](C)(O)[C@@H]4[C@@H]5O[C@@H]5C(C)(C)[C@@]4(O)[C@H](O)C[C@@]13C[C@@]2(C)O. The van der Waals surface area contributed by atoms with Crippen LogP contribution in [0, 0.1) is 28.6 Å². The Kier molecular flexibility index (Phi) is 4.28. The second kappa shape index (κ2) is 6.02. The zero-order chi connectivity index (χ0) is 22.9. The van der Waals surface area contributed by atoms with E-state index in [1.165, 1.54) is 6.92 Å². The van der Waals surface area contributed by atoms with Gasteiger partial charge in [0.05, 0.1) is 29.5 Å². The molecule has 5 fully saturated rings. The van der Waals surface area contributed by atoms with E-state index in [-0.39, 0.29) is 31.0 Å². The molecule has 0 aromatic carbocycles. The summed E-state index contributed by atoms with van der Waals surface area (Å²) in [6.07, 6.45) is -2.43. The molecule has 0 aromatic rings. The maximum atomic E-state index is 12.4. The van der Waals surface area contributed by atoms with Gasteiger partial charge in [0.15, 0.2) is 0 Å². The van der Waals surface area contributed by atoms with Crippen LogP contribution < -0.4 is 0 Å². The van der Waals surface area contributed by atoms with Gasteiger partial charge in [-0.15, -0.1) is 0 Å². The van der Waals surface area contributed by atoms with E-state index in [1.807, 2.05) is 13.8 Å². The van der Waals surface area contributed by atoms with Gasteiger partial charge in [-0.2, -0.15) is 0 Å². The first-order valence-electron chi connectivity index (χ1n) is 11.5. The van der Waals surface area contributed by atoms with Gasteiger partial charge in [0.2, 0.25) is 0 Å². The Bertz CT molecular complexity index is 805. The molecule has 31 heavy (non-hydrogen) atoms. The van der Waals surface area contributed by atoms with Gasteiger partial charge in [0.25, 0.3) is 0 Å². The molecule has 4 aliphatic carbocycles. The van der Waals surface area contributed by atoms with Crippen LogP contribution in [0.4, 0.5) is 0 Å².